The molecule has 6 rings (SSSR count). The summed E-state index contributed by atoms with van der Waals surface area (Å²) in [4.78, 5) is 61.5. The van der Waals surface area contributed by atoms with E-state index in [9.17, 15) is 32.7 Å². The molecule has 5 aromatic rings. The van der Waals surface area contributed by atoms with Gasteiger partial charge in [0.05, 0.1) is 27.7 Å². The summed E-state index contributed by atoms with van der Waals surface area (Å²) in [7, 11) is 5.99. The number of aryl methyl sites for hydroxylation is 1. The Morgan fingerprint density at radius 3 is 2.32 bits per heavy atom. The summed E-state index contributed by atoms with van der Waals surface area (Å²) in [6, 6.07) is 10.2. The van der Waals surface area contributed by atoms with Crippen molar-refractivity contribution in [1.29, 1.82) is 0 Å². The summed E-state index contributed by atoms with van der Waals surface area (Å²) in [5.74, 6) is -1.10. The first-order valence-corrected chi connectivity index (χ1v) is 18.1. The number of amides is 2. The number of fused-ring (bicyclic) bond motifs is 1. The fraction of sp³-hybridized carbons (Fsp3) is 0.378. The van der Waals surface area contributed by atoms with Gasteiger partial charge in [0.2, 0.25) is 11.7 Å². The van der Waals surface area contributed by atoms with Gasteiger partial charge >= 0.3 is 6.18 Å². The third-order valence-electron chi connectivity index (χ3n) is 9.57. The fourth-order valence-corrected chi connectivity index (χ4v) is 6.66. The molecular formula is C37H41ClF3N11O4. The molecule has 1 aliphatic rings. The van der Waals surface area contributed by atoms with Gasteiger partial charge in [0, 0.05) is 57.6 Å². The van der Waals surface area contributed by atoms with Crippen molar-refractivity contribution in [1.82, 2.24) is 38.9 Å². The van der Waals surface area contributed by atoms with E-state index in [1.165, 1.54) is 11.2 Å². The molecule has 1 fully saturated rings. The minimum absolute atomic E-state index is 0.0245. The van der Waals surface area contributed by atoms with Crippen LogP contribution in [-0.2, 0) is 23.9 Å². The van der Waals surface area contributed by atoms with Crippen molar-refractivity contribution >= 4 is 46.3 Å². The highest BCUT2D eigenvalue weighted by molar-refractivity contribution is 6.33. The Morgan fingerprint density at radius 1 is 1.00 bits per heavy atom. The van der Waals surface area contributed by atoms with Crippen LogP contribution < -0.4 is 20.7 Å². The van der Waals surface area contributed by atoms with Crippen LogP contribution in [0.25, 0.3) is 17.2 Å². The normalized spacial score (nSPS) is 13.5. The number of rotatable bonds is 11. The zero-order valence-corrected chi connectivity index (χ0v) is 32.2. The Balaban J connectivity index is 1.36. The van der Waals surface area contributed by atoms with E-state index in [1.54, 1.807) is 11.5 Å². The highest BCUT2D eigenvalue weighted by atomic mass is 35.5. The molecule has 19 heteroatoms. The maximum atomic E-state index is 14.4. The fourth-order valence-electron chi connectivity index (χ4n) is 6.43. The van der Waals surface area contributed by atoms with Crippen LogP contribution in [0.15, 0.2) is 53.6 Å². The van der Waals surface area contributed by atoms with Crippen molar-refractivity contribution in [2.75, 3.05) is 75.5 Å². The van der Waals surface area contributed by atoms with Crippen LogP contribution in [-0.4, -0.2) is 116 Å². The molecule has 0 atom stereocenters. The van der Waals surface area contributed by atoms with E-state index in [0.717, 1.165) is 41.5 Å². The number of nitrogens with one attached hydrogen (secondary N) is 1. The number of aromatic nitrogens is 6. The van der Waals surface area contributed by atoms with Crippen LogP contribution in [0.4, 0.5) is 30.2 Å². The number of piperazine rings is 1. The van der Waals surface area contributed by atoms with Crippen molar-refractivity contribution in [3.8, 4) is 17.1 Å². The van der Waals surface area contributed by atoms with Crippen LogP contribution >= 0.6 is 11.6 Å². The van der Waals surface area contributed by atoms with Crippen molar-refractivity contribution in [3.63, 3.8) is 0 Å². The summed E-state index contributed by atoms with van der Waals surface area (Å²) in [5, 5.41) is 17.3. The minimum Gasteiger partial charge on any atom is -0.504 e. The van der Waals surface area contributed by atoms with Gasteiger partial charge in [-0.05, 0) is 69.9 Å². The van der Waals surface area contributed by atoms with Crippen molar-refractivity contribution in [2.45, 2.75) is 33.0 Å². The molecule has 0 aliphatic carbocycles. The highest BCUT2D eigenvalue weighted by Gasteiger charge is 2.32. The van der Waals surface area contributed by atoms with Crippen molar-refractivity contribution < 1.29 is 27.9 Å². The molecule has 3 aromatic heterocycles. The molecule has 2 amide bonds. The number of carbonyl (C=O) groups excluding carboxylic acids is 2. The average molecular weight is 796 g/mol. The average Bonchev–Trinajstić information content (AvgIpc) is 3.62. The highest BCUT2D eigenvalue weighted by Crippen LogP contribution is 2.34. The Morgan fingerprint density at radius 2 is 1.70 bits per heavy atom. The summed E-state index contributed by atoms with van der Waals surface area (Å²) >= 11 is 6.16. The van der Waals surface area contributed by atoms with Gasteiger partial charge in [-0.1, -0.05) is 18.5 Å². The number of hydrogen-bond donors (Lipinski definition) is 2. The second-order valence-corrected chi connectivity index (χ2v) is 14.0. The number of benzene rings is 2. The molecule has 15 nitrogen and oxygen atoms in total. The van der Waals surface area contributed by atoms with E-state index in [0.29, 0.717) is 11.3 Å². The van der Waals surface area contributed by atoms with Gasteiger partial charge < -0.3 is 34.6 Å². The molecule has 0 radical (unpaired) electrons. The lowest BCUT2D eigenvalue weighted by atomic mass is 10.2. The number of alkyl halides is 3. The molecule has 56 heavy (non-hydrogen) atoms. The minimum atomic E-state index is -4.62. The van der Waals surface area contributed by atoms with E-state index < -0.39 is 35.7 Å². The second-order valence-electron chi connectivity index (χ2n) is 13.6. The van der Waals surface area contributed by atoms with Crippen LogP contribution in [0, 0.1) is 6.92 Å². The lowest BCUT2D eigenvalue weighted by Crippen LogP contribution is -2.51. The van der Waals surface area contributed by atoms with E-state index in [-0.39, 0.29) is 77.7 Å². The van der Waals surface area contributed by atoms with Gasteiger partial charge in [-0.3, -0.25) is 14.4 Å². The van der Waals surface area contributed by atoms with Crippen LogP contribution in [0.2, 0.25) is 5.02 Å². The van der Waals surface area contributed by atoms with Gasteiger partial charge in [-0.15, -0.1) is 5.10 Å². The van der Waals surface area contributed by atoms with Crippen LogP contribution in [0.3, 0.4) is 0 Å². The molecule has 4 heterocycles. The number of anilines is 3. The maximum absolute atomic E-state index is 14.4. The first-order chi connectivity index (χ1) is 26.6. The van der Waals surface area contributed by atoms with Gasteiger partial charge in [0.15, 0.2) is 17.3 Å². The van der Waals surface area contributed by atoms with Crippen molar-refractivity contribution in [3.05, 3.63) is 86.8 Å². The number of halogens is 4. The van der Waals surface area contributed by atoms with Crippen molar-refractivity contribution in [2.24, 2.45) is 0 Å². The number of carbonyl (C=O) groups is 2. The molecule has 1 saturated heterocycles. The zero-order chi connectivity index (χ0) is 40.5. The molecule has 0 bridgehead atoms. The zero-order valence-electron chi connectivity index (χ0n) is 31.4. The standard InChI is InChI=1S/C37H41ClF3N11O4/c1-6-28-31(49-15-17-50(18-16-49)34(55)30-32(54)22(2)42-21-43-30)35(56)52-36(45-33(46-52)23-7-10-25(11-8-23)48(5)14-13-47(3)4)51(28)20-29(53)44-27-12-9-24(19-26(27)38)37(39,40)41/h7-12,19,21,54H,6,13-18,20H2,1-5H3,(H,44,53). The smallest absolute Gasteiger partial charge is 0.416 e. The van der Waals surface area contributed by atoms with Gasteiger partial charge in [-0.25, -0.2) is 9.97 Å². The Kier molecular flexibility index (Phi) is 11.5. The topological polar surface area (TPSA) is 157 Å². The van der Waals surface area contributed by atoms with Gasteiger partial charge in [0.1, 0.15) is 18.6 Å². The quantitative estimate of drug-likeness (QED) is 0.198. The number of aromatic hydroxyl groups is 1. The Hall–Kier alpha value is -5.75. The van der Waals surface area contributed by atoms with E-state index in [2.05, 4.69) is 30.2 Å². The van der Waals surface area contributed by atoms with E-state index in [4.69, 9.17) is 16.6 Å². The van der Waals surface area contributed by atoms with Crippen LogP contribution in [0.1, 0.15) is 34.4 Å². The Labute approximate surface area is 324 Å². The molecule has 0 unspecified atom stereocenters. The monoisotopic (exact) mass is 795 g/mol. The number of nitrogens with zero attached hydrogens (tertiary/aromatic N) is 10. The van der Waals surface area contributed by atoms with E-state index in [1.807, 2.05) is 57.2 Å². The molecule has 296 valence electrons. The first-order valence-electron chi connectivity index (χ1n) is 17.8. The van der Waals surface area contributed by atoms with Crippen LogP contribution in [0.5, 0.6) is 5.75 Å². The van der Waals surface area contributed by atoms with E-state index >= 15 is 0 Å². The molecule has 1 aliphatic heterocycles. The predicted octanol–water partition coefficient (Wildman–Crippen LogP) is 4.20. The third kappa shape index (κ3) is 8.25. The lowest BCUT2D eigenvalue weighted by molar-refractivity contribution is -0.137. The summed E-state index contributed by atoms with van der Waals surface area (Å²) in [5.41, 5.74) is 0.978. The first kappa shape index (κ1) is 39.9. The number of likely N-dealkylation sites (N-methyl/N-ethyl adjacent to an activating group) is 2. The molecule has 2 aromatic carbocycles. The third-order valence-corrected chi connectivity index (χ3v) is 9.89. The summed E-state index contributed by atoms with van der Waals surface area (Å²) in [6.45, 7) is 5.47. The maximum Gasteiger partial charge on any atom is 0.416 e. The molecule has 0 spiro atoms. The largest absolute Gasteiger partial charge is 0.504 e. The lowest BCUT2D eigenvalue weighted by Gasteiger charge is -2.36. The predicted molar refractivity (Wildman–Crippen MR) is 206 cm³/mol. The SMILES string of the molecule is CCc1c(N2CCN(C(=O)c3ncnc(C)c3O)CC2)c(=O)n2nc(-c3ccc(N(C)CCN(C)C)cc3)nc2n1CC(=O)Nc1ccc(C(F)(F)F)cc1Cl. The molecular weight excluding hydrogens is 755 g/mol. The summed E-state index contributed by atoms with van der Waals surface area (Å²) in [6.07, 6.45) is -3.14. The number of hydrogen-bond acceptors (Lipinski definition) is 11. The second kappa shape index (κ2) is 16.2. The Bertz CT molecular complexity index is 2320. The summed E-state index contributed by atoms with van der Waals surface area (Å²) < 4.78 is 42.5. The van der Waals surface area contributed by atoms with Gasteiger partial charge in [-0.2, -0.15) is 22.7 Å². The molecule has 0 saturated carbocycles. The van der Waals surface area contributed by atoms with Gasteiger partial charge in [0.25, 0.3) is 11.5 Å². The molecule has 2 N–H and O–H groups in total.